The monoisotopic (exact) mass is 345 g/mol. The van der Waals surface area contributed by atoms with E-state index >= 15 is 0 Å². The number of nitrogens with zero attached hydrogens (tertiary/aromatic N) is 2. The van der Waals surface area contributed by atoms with Crippen molar-refractivity contribution in [3.05, 3.63) is 42.1 Å². The van der Waals surface area contributed by atoms with Crippen LogP contribution in [0, 0.1) is 0 Å². The smallest absolute Gasteiger partial charge is 0.156 e. The second-order valence-corrected chi connectivity index (χ2v) is 7.22. The lowest BCUT2D eigenvalue weighted by Crippen LogP contribution is -2.39. The molecule has 3 rings (SSSR count). The van der Waals surface area contributed by atoms with Gasteiger partial charge in [0, 0.05) is 43.0 Å². The van der Waals surface area contributed by atoms with Crippen molar-refractivity contribution in [1.82, 2.24) is 15.1 Å². The molecule has 0 saturated heterocycles. The Labute approximate surface area is 146 Å². The standard InChI is InChI=1S/C18H23N3O2S/c1-18(22,12-24-3)11-19-9-14-10-21(2)20-17(14)16-8-13-6-4-5-7-15(13)23-16/h4-8,10,19,22H,9,11-12H2,1-3H3. The molecule has 0 amide bonds. The topological polar surface area (TPSA) is 63.2 Å². The molecule has 1 unspecified atom stereocenters. The third-order valence-electron chi connectivity index (χ3n) is 3.84. The van der Waals surface area contributed by atoms with Gasteiger partial charge in [-0.2, -0.15) is 16.9 Å². The van der Waals surface area contributed by atoms with E-state index in [2.05, 4.69) is 10.4 Å². The summed E-state index contributed by atoms with van der Waals surface area (Å²) in [5.41, 5.74) is 2.03. The maximum atomic E-state index is 10.3. The van der Waals surface area contributed by atoms with Crippen LogP contribution in [0.2, 0.25) is 0 Å². The lowest BCUT2D eigenvalue weighted by Gasteiger charge is -2.22. The molecule has 0 fully saturated rings. The minimum absolute atomic E-state index is 0.530. The highest BCUT2D eigenvalue weighted by Gasteiger charge is 2.20. The maximum Gasteiger partial charge on any atom is 0.156 e. The van der Waals surface area contributed by atoms with E-state index in [0.717, 1.165) is 28.0 Å². The van der Waals surface area contributed by atoms with Crippen molar-refractivity contribution in [2.45, 2.75) is 19.1 Å². The first-order chi connectivity index (χ1) is 11.5. The fourth-order valence-electron chi connectivity index (χ4n) is 2.80. The first-order valence-corrected chi connectivity index (χ1v) is 9.31. The molecule has 2 heterocycles. The van der Waals surface area contributed by atoms with Crippen LogP contribution in [0.1, 0.15) is 12.5 Å². The number of rotatable bonds is 7. The predicted molar refractivity (Wildman–Crippen MR) is 99.1 cm³/mol. The number of aryl methyl sites for hydroxylation is 1. The van der Waals surface area contributed by atoms with Crippen LogP contribution in [0.15, 0.2) is 40.9 Å². The molecule has 0 bridgehead atoms. The van der Waals surface area contributed by atoms with Crippen LogP contribution in [0.4, 0.5) is 0 Å². The Morgan fingerprint density at radius 2 is 2.17 bits per heavy atom. The molecule has 0 radical (unpaired) electrons. The van der Waals surface area contributed by atoms with Crippen molar-refractivity contribution in [2.75, 3.05) is 18.6 Å². The van der Waals surface area contributed by atoms with Crippen molar-refractivity contribution >= 4 is 22.7 Å². The van der Waals surface area contributed by atoms with Crippen LogP contribution in [0.5, 0.6) is 0 Å². The third-order valence-corrected chi connectivity index (χ3v) is 4.75. The Bertz CT molecular complexity index is 790. The highest BCUT2D eigenvalue weighted by Crippen LogP contribution is 2.29. The average Bonchev–Trinajstić information content (AvgIpc) is 3.10. The Hall–Kier alpha value is -1.76. The van der Waals surface area contributed by atoms with Gasteiger partial charge < -0.3 is 14.8 Å². The molecule has 0 aliphatic heterocycles. The van der Waals surface area contributed by atoms with Crippen molar-refractivity contribution < 1.29 is 9.52 Å². The number of thioether (sulfide) groups is 1. The lowest BCUT2D eigenvalue weighted by atomic mass is 10.1. The number of aliphatic hydroxyl groups is 1. The number of para-hydroxylation sites is 1. The number of hydrogen-bond donors (Lipinski definition) is 2. The zero-order chi connectivity index (χ0) is 17.2. The van der Waals surface area contributed by atoms with Crippen LogP contribution < -0.4 is 5.32 Å². The minimum atomic E-state index is -0.721. The van der Waals surface area contributed by atoms with Crippen LogP contribution in [0.25, 0.3) is 22.4 Å². The largest absolute Gasteiger partial charge is 0.454 e. The Kier molecular flexibility index (Phi) is 4.99. The van der Waals surface area contributed by atoms with Gasteiger partial charge in [-0.1, -0.05) is 18.2 Å². The van der Waals surface area contributed by atoms with Crippen LogP contribution in [-0.4, -0.2) is 39.0 Å². The van der Waals surface area contributed by atoms with Gasteiger partial charge in [0.15, 0.2) is 5.76 Å². The van der Waals surface area contributed by atoms with E-state index in [9.17, 15) is 5.11 Å². The Balaban J connectivity index is 1.78. The summed E-state index contributed by atoms with van der Waals surface area (Å²) in [6.07, 6.45) is 3.98. The summed E-state index contributed by atoms with van der Waals surface area (Å²) >= 11 is 1.64. The lowest BCUT2D eigenvalue weighted by molar-refractivity contribution is 0.0846. The van der Waals surface area contributed by atoms with E-state index in [1.54, 1.807) is 16.4 Å². The van der Waals surface area contributed by atoms with Gasteiger partial charge in [0.1, 0.15) is 11.3 Å². The zero-order valence-corrected chi connectivity index (χ0v) is 15.1. The molecule has 0 saturated carbocycles. The van der Waals surface area contributed by atoms with Crippen molar-refractivity contribution in [2.24, 2.45) is 7.05 Å². The highest BCUT2D eigenvalue weighted by molar-refractivity contribution is 7.98. The van der Waals surface area contributed by atoms with Crippen molar-refractivity contribution in [3.63, 3.8) is 0 Å². The van der Waals surface area contributed by atoms with E-state index in [4.69, 9.17) is 4.42 Å². The van der Waals surface area contributed by atoms with E-state index < -0.39 is 5.60 Å². The summed E-state index contributed by atoms with van der Waals surface area (Å²) in [6.45, 7) is 3.01. The van der Waals surface area contributed by atoms with E-state index in [-0.39, 0.29) is 0 Å². The summed E-state index contributed by atoms with van der Waals surface area (Å²) < 4.78 is 7.73. The first-order valence-electron chi connectivity index (χ1n) is 7.92. The molecule has 0 aliphatic rings. The maximum absolute atomic E-state index is 10.3. The van der Waals surface area contributed by atoms with Crippen LogP contribution in [0.3, 0.4) is 0 Å². The van der Waals surface area contributed by atoms with Crippen molar-refractivity contribution in [3.8, 4) is 11.5 Å². The molecular formula is C18H23N3O2S. The van der Waals surface area contributed by atoms with Gasteiger partial charge in [0.05, 0.1) is 5.60 Å². The molecule has 3 aromatic rings. The van der Waals surface area contributed by atoms with Gasteiger partial charge in [-0.15, -0.1) is 0 Å². The van der Waals surface area contributed by atoms with Gasteiger partial charge in [-0.3, -0.25) is 4.68 Å². The summed E-state index contributed by atoms with van der Waals surface area (Å²) in [5.74, 6) is 1.47. The molecule has 0 aliphatic carbocycles. The Morgan fingerprint density at radius 3 is 2.92 bits per heavy atom. The third kappa shape index (κ3) is 3.83. The molecule has 1 aromatic carbocycles. The van der Waals surface area contributed by atoms with E-state index in [1.165, 1.54) is 0 Å². The molecule has 5 nitrogen and oxygen atoms in total. The number of fused-ring (bicyclic) bond motifs is 1. The summed E-state index contributed by atoms with van der Waals surface area (Å²) in [6, 6.07) is 9.97. The first kappa shape index (κ1) is 17.1. The van der Waals surface area contributed by atoms with Crippen LogP contribution in [-0.2, 0) is 13.6 Å². The van der Waals surface area contributed by atoms with Crippen LogP contribution >= 0.6 is 11.8 Å². The second kappa shape index (κ2) is 7.01. The van der Waals surface area contributed by atoms with Gasteiger partial charge in [-0.05, 0) is 25.3 Å². The number of furan rings is 1. The van der Waals surface area contributed by atoms with Gasteiger partial charge in [0.25, 0.3) is 0 Å². The summed E-state index contributed by atoms with van der Waals surface area (Å²) in [4.78, 5) is 0. The average molecular weight is 345 g/mol. The number of benzene rings is 1. The molecule has 2 aromatic heterocycles. The molecule has 128 valence electrons. The van der Waals surface area contributed by atoms with Gasteiger partial charge in [-0.25, -0.2) is 0 Å². The normalized spacial score (nSPS) is 14.2. The zero-order valence-electron chi connectivity index (χ0n) is 14.2. The predicted octanol–water partition coefficient (Wildman–Crippen LogP) is 3.04. The quantitative estimate of drug-likeness (QED) is 0.689. The number of hydrogen-bond acceptors (Lipinski definition) is 5. The van der Waals surface area contributed by atoms with Gasteiger partial charge in [0.2, 0.25) is 0 Å². The minimum Gasteiger partial charge on any atom is -0.454 e. The molecular weight excluding hydrogens is 322 g/mol. The number of nitrogens with one attached hydrogen (secondary N) is 1. The Morgan fingerprint density at radius 1 is 1.38 bits per heavy atom. The number of aromatic nitrogens is 2. The summed E-state index contributed by atoms with van der Waals surface area (Å²) in [7, 11) is 1.90. The second-order valence-electron chi connectivity index (χ2n) is 6.36. The molecule has 24 heavy (non-hydrogen) atoms. The molecule has 0 spiro atoms. The highest BCUT2D eigenvalue weighted by atomic mass is 32.2. The summed E-state index contributed by atoms with van der Waals surface area (Å²) in [5, 5.41) is 19.2. The SMILES string of the molecule is CSCC(C)(O)CNCc1cn(C)nc1-c1cc2ccccc2o1. The van der Waals surface area contributed by atoms with E-state index in [1.807, 2.05) is 56.8 Å². The fourth-order valence-corrected chi connectivity index (χ4v) is 3.53. The fraction of sp³-hybridized carbons (Fsp3) is 0.389. The van der Waals surface area contributed by atoms with Crippen molar-refractivity contribution in [1.29, 1.82) is 0 Å². The molecule has 1 atom stereocenters. The molecule has 6 heteroatoms. The van der Waals surface area contributed by atoms with E-state index in [0.29, 0.717) is 18.8 Å². The van der Waals surface area contributed by atoms with Gasteiger partial charge >= 0.3 is 0 Å². The molecule has 2 N–H and O–H groups in total.